The molecule has 6 nitrogen and oxygen atoms in total. The van der Waals surface area contributed by atoms with Crippen LogP contribution in [0.4, 0.5) is 0 Å². The van der Waals surface area contributed by atoms with Gasteiger partial charge in [-0.25, -0.2) is 13.2 Å². The fourth-order valence-corrected chi connectivity index (χ4v) is 5.71. The molecule has 0 aliphatic carbocycles. The van der Waals surface area contributed by atoms with Crippen molar-refractivity contribution in [3.8, 4) is 0 Å². The number of rotatable bonds is 5. The third-order valence-corrected chi connectivity index (χ3v) is 7.11. The maximum atomic E-state index is 12.3. The second kappa shape index (κ2) is 7.13. The molecular formula is C17H19NO5S2. The van der Waals surface area contributed by atoms with Crippen molar-refractivity contribution in [3.63, 3.8) is 0 Å². The molecule has 1 aromatic heterocycles. The van der Waals surface area contributed by atoms with Crippen LogP contribution in [0.3, 0.4) is 0 Å². The van der Waals surface area contributed by atoms with E-state index in [9.17, 15) is 18.0 Å². The average Bonchev–Trinajstić information content (AvgIpc) is 3.16. The van der Waals surface area contributed by atoms with Crippen LogP contribution < -0.4 is 0 Å². The molecule has 1 amide bonds. The Hall–Kier alpha value is -1.93. The summed E-state index contributed by atoms with van der Waals surface area (Å²) in [4.78, 5) is 26.4. The first kappa shape index (κ1) is 17.9. The van der Waals surface area contributed by atoms with Crippen LogP contribution >= 0.6 is 11.3 Å². The Morgan fingerprint density at radius 3 is 2.72 bits per heavy atom. The molecule has 8 heteroatoms. The highest BCUT2D eigenvalue weighted by Crippen LogP contribution is 2.26. The lowest BCUT2D eigenvalue weighted by molar-refractivity contribution is -0.136. The molecule has 25 heavy (non-hydrogen) atoms. The highest BCUT2D eigenvalue weighted by molar-refractivity contribution is 7.91. The van der Waals surface area contributed by atoms with Crippen LogP contribution in [0.15, 0.2) is 30.3 Å². The van der Waals surface area contributed by atoms with E-state index >= 15 is 0 Å². The van der Waals surface area contributed by atoms with Crippen LogP contribution in [-0.2, 0) is 19.4 Å². The van der Waals surface area contributed by atoms with E-state index in [0.717, 1.165) is 10.1 Å². The zero-order valence-electron chi connectivity index (χ0n) is 13.8. The predicted octanol–water partition coefficient (Wildman–Crippen LogP) is 2.09. The molecule has 2 aromatic rings. The lowest BCUT2D eigenvalue weighted by Gasteiger charge is -2.26. The summed E-state index contributed by atoms with van der Waals surface area (Å²) in [6.07, 6.45) is 0.437. The van der Waals surface area contributed by atoms with E-state index in [2.05, 4.69) is 0 Å². The SMILES string of the molecule is CCN(C(=O)COC(=O)c1cc2ccccc2s1)[C@@H]1CCS(=O)(=O)C1. The summed E-state index contributed by atoms with van der Waals surface area (Å²) in [5, 5.41) is 0.956. The predicted molar refractivity (Wildman–Crippen MR) is 96.6 cm³/mol. The van der Waals surface area contributed by atoms with Crippen molar-refractivity contribution in [1.29, 1.82) is 0 Å². The first-order valence-corrected chi connectivity index (χ1v) is 10.7. The number of sulfone groups is 1. The largest absolute Gasteiger partial charge is 0.451 e. The molecule has 1 aliphatic heterocycles. The standard InChI is InChI=1S/C17H19NO5S2/c1-2-18(13-7-8-25(21,22)11-13)16(19)10-23-17(20)15-9-12-5-3-4-6-14(12)24-15/h3-6,9,13H,2,7-8,10-11H2,1H3/t13-/m1/s1. The number of likely N-dealkylation sites (N-methyl/N-ethyl adjacent to an activating group) is 1. The Balaban J connectivity index is 1.61. The second-order valence-corrected chi connectivity index (χ2v) is 9.27. The van der Waals surface area contributed by atoms with Gasteiger partial charge in [0.05, 0.1) is 11.5 Å². The van der Waals surface area contributed by atoms with E-state index in [1.54, 1.807) is 13.0 Å². The molecule has 0 bridgehead atoms. The highest BCUT2D eigenvalue weighted by Gasteiger charge is 2.34. The molecule has 1 saturated heterocycles. The van der Waals surface area contributed by atoms with Crippen molar-refractivity contribution in [1.82, 2.24) is 4.90 Å². The Morgan fingerprint density at radius 1 is 1.32 bits per heavy atom. The number of ether oxygens (including phenoxy) is 1. The Labute approximate surface area is 150 Å². The number of fused-ring (bicyclic) bond motifs is 1. The van der Waals surface area contributed by atoms with Crippen molar-refractivity contribution < 1.29 is 22.7 Å². The van der Waals surface area contributed by atoms with Gasteiger partial charge in [0.15, 0.2) is 16.4 Å². The van der Waals surface area contributed by atoms with E-state index in [1.807, 2.05) is 24.3 Å². The number of thiophene rings is 1. The van der Waals surface area contributed by atoms with Crippen LogP contribution in [-0.4, -0.2) is 55.9 Å². The fourth-order valence-electron chi connectivity index (χ4n) is 3.02. The molecule has 0 radical (unpaired) electrons. The molecule has 0 N–H and O–H groups in total. The van der Waals surface area contributed by atoms with Gasteiger partial charge in [-0.3, -0.25) is 4.79 Å². The maximum absolute atomic E-state index is 12.3. The van der Waals surface area contributed by atoms with E-state index in [1.165, 1.54) is 16.2 Å². The van der Waals surface area contributed by atoms with Gasteiger partial charge in [0.1, 0.15) is 4.88 Å². The molecule has 1 fully saturated rings. The summed E-state index contributed by atoms with van der Waals surface area (Å²) < 4.78 is 29.3. The smallest absolute Gasteiger partial charge is 0.348 e. The molecule has 3 rings (SSSR count). The average molecular weight is 381 g/mol. The zero-order chi connectivity index (χ0) is 18.0. The molecule has 1 aliphatic rings. The van der Waals surface area contributed by atoms with Crippen LogP contribution in [0.25, 0.3) is 10.1 Å². The van der Waals surface area contributed by atoms with Gasteiger partial charge in [0.25, 0.3) is 5.91 Å². The summed E-state index contributed by atoms with van der Waals surface area (Å²) >= 11 is 1.32. The lowest BCUT2D eigenvalue weighted by Crippen LogP contribution is -2.43. The zero-order valence-corrected chi connectivity index (χ0v) is 15.4. The molecule has 134 valence electrons. The van der Waals surface area contributed by atoms with Crippen molar-refractivity contribution in [3.05, 3.63) is 35.2 Å². The van der Waals surface area contributed by atoms with Gasteiger partial charge in [-0.05, 0) is 30.9 Å². The van der Waals surface area contributed by atoms with Gasteiger partial charge in [-0.15, -0.1) is 11.3 Å². The number of hydrogen-bond acceptors (Lipinski definition) is 6. The van der Waals surface area contributed by atoms with Crippen molar-refractivity contribution in [2.75, 3.05) is 24.7 Å². The van der Waals surface area contributed by atoms with Crippen LogP contribution in [0.5, 0.6) is 0 Å². The van der Waals surface area contributed by atoms with Crippen LogP contribution in [0.2, 0.25) is 0 Å². The number of esters is 1. The first-order chi connectivity index (χ1) is 11.9. The maximum Gasteiger partial charge on any atom is 0.348 e. The number of nitrogens with zero attached hydrogens (tertiary/aromatic N) is 1. The Morgan fingerprint density at radius 2 is 2.08 bits per heavy atom. The minimum Gasteiger partial charge on any atom is -0.451 e. The molecule has 1 atom stereocenters. The van der Waals surface area contributed by atoms with E-state index < -0.39 is 15.8 Å². The summed E-state index contributed by atoms with van der Waals surface area (Å²) in [7, 11) is -3.07. The monoisotopic (exact) mass is 381 g/mol. The van der Waals surface area contributed by atoms with Gasteiger partial charge >= 0.3 is 5.97 Å². The number of carbonyl (C=O) groups is 2. The minimum atomic E-state index is -3.07. The summed E-state index contributed by atoms with van der Waals surface area (Å²) in [6.45, 7) is 1.80. The molecule has 2 heterocycles. The second-order valence-electron chi connectivity index (χ2n) is 5.96. The fraction of sp³-hybridized carbons (Fsp3) is 0.412. The molecule has 1 aromatic carbocycles. The first-order valence-electron chi connectivity index (χ1n) is 8.05. The lowest BCUT2D eigenvalue weighted by atomic mass is 10.2. The van der Waals surface area contributed by atoms with Crippen molar-refractivity contribution in [2.45, 2.75) is 19.4 Å². The number of benzene rings is 1. The van der Waals surface area contributed by atoms with Crippen LogP contribution in [0, 0.1) is 0 Å². The van der Waals surface area contributed by atoms with Gasteiger partial charge in [-0.1, -0.05) is 18.2 Å². The molecule has 0 saturated carbocycles. The normalized spacial score (nSPS) is 19.0. The number of amides is 1. The van der Waals surface area contributed by atoms with Crippen molar-refractivity contribution in [2.24, 2.45) is 0 Å². The molecule has 0 spiro atoms. The number of carbonyl (C=O) groups excluding carboxylic acids is 2. The van der Waals surface area contributed by atoms with Gasteiger partial charge < -0.3 is 9.64 Å². The topological polar surface area (TPSA) is 80.8 Å². The summed E-state index contributed by atoms with van der Waals surface area (Å²) in [6, 6.07) is 9.03. The molecule has 0 unspecified atom stereocenters. The summed E-state index contributed by atoms with van der Waals surface area (Å²) in [5.41, 5.74) is 0. The van der Waals surface area contributed by atoms with Crippen LogP contribution in [0.1, 0.15) is 23.0 Å². The third-order valence-electron chi connectivity index (χ3n) is 4.26. The van der Waals surface area contributed by atoms with E-state index in [-0.39, 0.29) is 30.1 Å². The highest BCUT2D eigenvalue weighted by atomic mass is 32.2. The molecular weight excluding hydrogens is 362 g/mol. The Kier molecular flexibility index (Phi) is 5.10. The van der Waals surface area contributed by atoms with Crippen molar-refractivity contribution >= 4 is 43.1 Å². The minimum absolute atomic E-state index is 0.0170. The summed E-state index contributed by atoms with van der Waals surface area (Å²) in [5.74, 6) is -0.816. The third kappa shape index (κ3) is 4.01. The quantitative estimate of drug-likeness (QED) is 0.741. The van der Waals surface area contributed by atoms with Gasteiger partial charge in [0.2, 0.25) is 0 Å². The Bertz CT molecular complexity index is 870. The van der Waals surface area contributed by atoms with E-state index in [4.69, 9.17) is 4.74 Å². The van der Waals surface area contributed by atoms with E-state index in [0.29, 0.717) is 17.8 Å². The van der Waals surface area contributed by atoms with Gasteiger partial charge in [-0.2, -0.15) is 0 Å². The number of hydrogen-bond donors (Lipinski definition) is 0. The van der Waals surface area contributed by atoms with Gasteiger partial charge in [0, 0.05) is 17.3 Å².